The molecule has 1 amide bonds. The van der Waals surface area contributed by atoms with Gasteiger partial charge in [-0.05, 0) is 46.2 Å². The Bertz CT molecular complexity index is 778. The van der Waals surface area contributed by atoms with Crippen molar-refractivity contribution in [3.05, 3.63) is 40.3 Å². The molecule has 8 heteroatoms. The lowest BCUT2D eigenvalue weighted by Crippen LogP contribution is -2.31. The van der Waals surface area contributed by atoms with E-state index in [0.717, 1.165) is 0 Å². The van der Waals surface area contributed by atoms with Crippen molar-refractivity contribution in [1.29, 1.82) is 0 Å². The quantitative estimate of drug-likeness (QED) is 0.649. The van der Waals surface area contributed by atoms with E-state index in [4.69, 9.17) is 16.3 Å². The highest BCUT2D eigenvalue weighted by molar-refractivity contribution is 6.32. The average Bonchev–Trinajstić information content (AvgIpc) is 2.94. The monoisotopic (exact) mass is 364 g/mol. The number of halogens is 1. The highest BCUT2D eigenvalue weighted by Gasteiger charge is 2.23. The Morgan fingerprint density at radius 2 is 1.96 bits per heavy atom. The number of aryl methyl sites for hydroxylation is 2. The molecule has 0 aromatic carbocycles. The highest BCUT2D eigenvalue weighted by atomic mass is 35.5. The second-order valence-corrected chi connectivity index (χ2v) is 6.40. The molecule has 2 rings (SSSR count). The summed E-state index contributed by atoms with van der Waals surface area (Å²) in [4.78, 5) is 28.7. The Morgan fingerprint density at radius 1 is 1.28 bits per heavy atom. The van der Waals surface area contributed by atoms with Gasteiger partial charge in [-0.2, -0.15) is 5.10 Å². The molecule has 2 heterocycles. The van der Waals surface area contributed by atoms with Crippen LogP contribution in [0.3, 0.4) is 0 Å². The molecule has 25 heavy (non-hydrogen) atoms. The lowest BCUT2D eigenvalue weighted by Gasteiger charge is -2.16. The molecule has 134 valence electrons. The summed E-state index contributed by atoms with van der Waals surface area (Å²) in [7, 11) is 0. The number of carbonyl (C=O) groups excluding carboxylic acids is 2. The molecule has 0 saturated heterocycles. The maximum absolute atomic E-state index is 12.3. The molecule has 0 unspecified atom stereocenters. The topological polar surface area (TPSA) is 86.1 Å². The third kappa shape index (κ3) is 4.36. The molecule has 2 aromatic rings. The summed E-state index contributed by atoms with van der Waals surface area (Å²) in [6.07, 6.45) is 0.590. The van der Waals surface area contributed by atoms with Gasteiger partial charge >= 0.3 is 5.97 Å². The van der Waals surface area contributed by atoms with Gasteiger partial charge in [0.1, 0.15) is 11.0 Å². The number of hydrogen-bond acceptors (Lipinski definition) is 5. The highest BCUT2D eigenvalue weighted by Crippen LogP contribution is 2.20. The Kier molecular flexibility index (Phi) is 5.79. The standard InChI is InChI=1S/C17H21ClN4O3/c1-9(2)22-13(6-7-19-22)21-16(23)12(5)25-17(24)14-10(3)8-11(4)20-15(14)18/h6-9,12H,1-5H3,(H,21,23)/t12-/m0/s1. The maximum Gasteiger partial charge on any atom is 0.342 e. The number of nitrogens with zero attached hydrogens (tertiary/aromatic N) is 3. The van der Waals surface area contributed by atoms with Crippen LogP contribution in [0.2, 0.25) is 5.15 Å². The van der Waals surface area contributed by atoms with Crippen molar-refractivity contribution in [3.8, 4) is 0 Å². The van der Waals surface area contributed by atoms with Gasteiger partial charge in [0, 0.05) is 17.8 Å². The number of esters is 1. The number of pyridine rings is 1. The van der Waals surface area contributed by atoms with Gasteiger partial charge in [-0.3, -0.25) is 4.79 Å². The van der Waals surface area contributed by atoms with Crippen molar-refractivity contribution in [3.63, 3.8) is 0 Å². The van der Waals surface area contributed by atoms with Gasteiger partial charge in [0.15, 0.2) is 6.10 Å². The molecule has 0 radical (unpaired) electrons. The normalized spacial score (nSPS) is 12.1. The number of anilines is 1. The van der Waals surface area contributed by atoms with E-state index in [2.05, 4.69) is 15.4 Å². The second-order valence-electron chi connectivity index (χ2n) is 6.04. The number of carbonyl (C=O) groups is 2. The molecule has 1 atom stereocenters. The van der Waals surface area contributed by atoms with Crippen LogP contribution in [-0.4, -0.2) is 32.7 Å². The number of hydrogen-bond donors (Lipinski definition) is 1. The Hall–Kier alpha value is -2.41. The summed E-state index contributed by atoms with van der Waals surface area (Å²) in [5.41, 5.74) is 1.51. The Labute approximate surface area is 151 Å². The first-order chi connectivity index (χ1) is 11.7. The van der Waals surface area contributed by atoms with Gasteiger partial charge in [0.2, 0.25) is 0 Å². The Balaban J connectivity index is 2.09. The zero-order valence-corrected chi connectivity index (χ0v) is 15.6. The molecule has 2 aromatic heterocycles. The fourth-order valence-corrected chi connectivity index (χ4v) is 2.72. The first kappa shape index (κ1) is 18.9. The molecule has 0 spiro atoms. The number of nitrogens with one attached hydrogen (secondary N) is 1. The fraction of sp³-hybridized carbons (Fsp3) is 0.412. The van der Waals surface area contributed by atoms with E-state index in [0.29, 0.717) is 17.1 Å². The van der Waals surface area contributed by atoms with Crippen LogP contribution in [0, 0.1) is 13.8 Å². The molecule has 0 bridgehead atoms. The fourth-order valence-electron chi connectivity index (χ4n) is 2.36. The summed E-state index contributed by atoms with van der Waals surface area (Å²) < 4.78 is 6.91. The maximum atomic E-state index is 12.3. The molecule has 1 N–H and O–H groups in total. The van der Waals surface area contributed by atoms with Gasteiger partial charge in [0.25, 0.3) is 5.91 Å². The Morgan fingerprint density at radius 3 is 2.56 bits per heavy atom. The minimum Gasteiger partial charge on any atom is -0.449 e. The minimum atomic E-state index is -1.00. The molecule has 0 aliphatic heterocycles. The van der Waals surface area contributed by atoms with E-state index < -0.39 is 18.0 Å². The van der Waals surface area contributed by atoms with Crippen LogP contribution in [0.1, 0.15) is 48.4 Å². The molecule has 0 fully saturated rings. The molecule has 0 aliphatic rings. The summed E-state index contributed by atoms with van der Waals surface area (Å²) >= 11 is 6.04. The van der Waals surface area contributed by atoms with E-state index in [-0.39, 0.29) is 16.8 Å². The largest absolute Gasteiger partial charge is 0.449 e. The summed E-state index contributed by atoms with van der Waals surface area (Å²) in [6.45, 7) is 8.90. The van der Waals surface area contributed by atoms with E-state index in [1.165, 1.54) is 6.92 Å². The smallest absolute Gasteiger partial charge is 0.342 e. The van der Waals surface area contributed by atoms with E-state index in [1.807, 2.05) is 13.8 Å². The van der Waals surface area contributed by atoms with Gasteiger partial charge < -0.3 is 10.1 Å². The summed E-state index contributed by atoms with van der Waals surface area (Å²) in [6, 6.07) is 3.49. The van der Waals surface area contributed by atoms with Crippen molar-refractivity contribution in [2.75, 3.05) is 5.32 Å². The van der Waals surface area contributed by atoms with Crippen LogP contribution in [0.4, 0.5) is 5.82 Å². The zero-order chi connectivity index (χ0) is 18.7. The van der Waals surface area contributed by atoms with Gasteiger partial charge in [-0.15, -0.1) is 0 Å². The van der Waals surface area contributed by atoms with E-state index >= 15 is 0 Å². The molecule has 0 aliphatic carbocycles. The van der Waals surface area contributed by atoms with Gasteiger partial charge in [-0.25, -0.2) is 14.5 Å². The SMILES string of the molecule is Cc1cc(C)c(C(=O)O[C@@H](C)C(=O)Nc2ccnn2C(C)C)c(Cl)n1. The molecule has 7 nitrogen and oxygen atoms in total. The molecule has 0 saturated carbocycles. The number of rotatable bonds is 5. The third-order valence-electron chi connectivity index (χ3n) is 3.57. The van der Waals surface area contributed by atoms with Gasteiger partial charge in [-0.1, -0.05) is 11.6 Å². The van der Waals surface area contributed by atoms with Crippen molar-refractivity contribution >= 4 is 29.3 Å². The number of amides is 1. The van der Waals surface area contributed by atoms with Crippen LogP contribution in [0.5, 0.6) is 0 Å². The average molecular weight is 365 g/mol. The van der Waals surface area contributed by atoms with Crippen molar-refractivity contribution in [1.82, 2.24) is 14.8 Å². The first-order valence-electron chi connectivity index (χ1n) is 7.89. The van der Waals surface area contributed by atoms with Crippen LogP contribution < -0.4 is 5.32 Å². The molecular weight excluding hydrogens is 344 g/mol. The second kappa shape index (κ2) is 7.65. The zero-order valence-electron chi connectivity index (χ0n) is 14.8. The van der Waals surface area contributed by atoms with Crippen molar-refractivity contribution in [2.45, 2.75) is 46.8 Å². The van der Waals surface area contributed by atoms with Crippen molar-refractivity contribution in [2.24, 2.45) is 0 Å². The van der Waals surface area contributed by atoms with E-state index in [1.54, 1.807) is 36.9 Å². The van der Waals surface area contributed by atoms with E-state index in [9.17, 15) is 9.59 Å². The predicted molar refractivity (Wildman–Crippen MR) is 94.8 cm³/mol. The first-order valence-corrected chi connectivity index (χ1v) is 8.27. The lowest BCUT2D eigenvalue weighted by atomic mass is 10.1. The summed E-state index contributed by atoms with van der Waals surface area (Å²) in [5, 5.41) is 6.90. The van der Waals surface area contributed by atoms with Crippen LogP contribution in [0.15, 0.2) is 18.3 Å². The number of aromatic nitrogens is 3. The summed E-state index contributed by atoms with van der Waals surface area (Å²) in [5.74, 6) is -0.603. The van der Waals surface area contributed by atoms with Crippen molar-refractivity contribution < 1.29 is 14.3 Å². The van der Waals surface area contributed by atoms with Crippen LogP contribution in [-0.2, 0) is 9.53 Å². The van der Waals surface area contributed by atoms with Gasteiger partial charge in [0.05, 0.1) is 11.8 Å². The van der Waals surface area contributed by atoms with Crippen LogP contribution >= 0.6 is 11.6 Å². The van der Waals surface area contributed by atoms with Crippen LogP contribution in [0.25, 0.3) is 0 Å². The third-order valence-corrected chi connectivity index (χ3v) is 3.84. The lowest BCUT2D eigenvalue weighted by molar-refractivity contribution is -0.123. The predicted octanol–water partition coefficient (Wildman–Crippen LogP) is 3.31. The molecular formula is C17H21ClN4O3. The number of ether oxygens (including phenoxy) is 1. The minimum absolute atomic E-state index is 0.0630.